The second-order valence-corrected chi connectivity index (χ2v) is 7.23. The van der Waals surface area contributed by atoms with Gasteiger partial charge >= 0.3 is 5.97 Å². The number of alkyl halides is 1. The Kier molecular flexibility index (Phi) is 5.28. The van der Waals surface area contributed by atoms with Crippen LogP contribution in [-0.4, -0.2) is 17.1 Å². The summed E-state index contributed by atoms with van der Waals surface area (Å²) in [5, 5.41) is 0.0207. The summed E-state index contributed by atoms with van der Waals surface area (Å²) < 4.78 is 10.9. The van der Waals surface area contributed by atoms with Crippen LogP contribution in [0, 0.1) is 6.92 Å². The number of halogens is 3. The first-order valence-electron chi connectivity index (χ1n) is 7.66. The third-order valence-corrected chi connectivity index (χ3v) is 4.65. The minimum absolute atomic E-state index is 0.149. The third kappa shape index (κ3) is 3.73. The van der Waals surface area contributed by atoms with Crippen LogP contribution in [0.25, 0.3) is 6.08 Å². The number of ether oxygens (including phenoxy) is 2. The molecule has 2 aromatic rings. The largest absolute Gasteiger partial charge is 0.452 e. The molecule has 0 bridgehead atoms. The molecule has 0 radical (unpaired) electrons. The summed E-state index contributed by atoms with van der Waals surface area (Å²) in [7, 11) is 0. The average Bonchev–Trinajstić information content (AvgIpc) is 2.87. The fourth-order valence-corrected chi connectivity index (χ4v) is 2.84. The van der Waals surface area contributed by atoms with Crippen LogP contribution in [0.3, 0.4) is 0 Å². The highest BCUT2D eigenvalue weighted by atomic mass is 35.5. The zero-order chi connectivity index (χ0) is 19.0. The number of hydrogen-bond donors (Lipinski definition) is 0. The average molecular weight is 412 g/mol. The molecule has 134 valence electrons. The number of benzene rings is 2. The monoisotopic (exact) mass is 410 g/mol. The van der Waals surface area contributed by atoms with Crippen molar-refractivity contribution in [2.45, 2.75) is 19.2 Å². The Bertz CT molecular complexity index is 948. The van der Waals surface area contributed by atoms with Gasteiger partial charge < -0.3 is 9.47 Å². The maximum atomic E-state index is 12.6. The first-order valence-corrected chi connectivity index (χ1v) is 8.85. The van der Waals surface area contributed by atoms with Crippen LogP contribution >= 0.6 is 34.8 Å². The number of carbonyl (C=O) groups excluding carboxylic acids is 2. The van der Waals surface area contributed by atoms with Crippen LogP contribution in [0.15, 0.2) is 36.1 Å². The fraction of sp³-hybridized carbons (Fsp3) is 0.158. The van der Waals surface area contributed by atoms with Crippen LogP contribution in [0.2, 0.25) is 10.0 Å². The Labute approximate surface area is 165 Å². The molecule has 7 heteroatoms. The topological polar surface area (TPSA) is 52.6 Å². The molecule has 4 nitrogen and oxygen atoms in total. The van der Waals surface area contributed by atoms with Gasteiger partial charge in [0.25, 0.3) is 0 Å². The van der Waals surface area contributed by atoms with E-state index in [0.717, 1.165) is 0 Å². The summed E-state index contributed by atoms with van der Waals surface area (Å²) in [6.07, 6.45) is 1.58. The molecule has 0 spiro atoms. The molecule has 0 aliphatic carbocycles. The summed E-state index contributed by atoms with van der Waals surface area (Å²) in [5.74, 6) is -0.0987. The van der Waals surface area contributed by atoms with Crippen molar-refractivity contribution in [1.82, 2.24) is 0 Å². The molecule has 2 aromatic carbocycles. The van der Waals surface area contributed by atoms with Gasteiger partial charge in [0, 0.05) is 6.07 Å². The normalized spacial score (nSPS) is 15.6. The molecule has 0 aromatic heterocycles. The minimum atomic E-state index is -0.781. The number of allylic oxidation sites excluding steroid dienone is 1. The molecule has 3 rings (SSSR count). The van der Waals surface area contributed by atoms with Crippen molar-refractivity contribution in [3.8, 4) is 11.5 Å². The zero-order valence-corrected chi connectivity index (χ0v) is 16.1. The molecule has 1 aliphatic heterocycles. The lowest BCUT2D eigenvalue weighted by Crippen LogP contribution is -2.17. The molecule has 1 aliphatic rings. The molecule has 0 saturated heterocycles. The van der Waals surface area contributed by atoms with E-state index in [1.54, 1.807) is 37.3 Å². The predicted octanol–water partition coefficient (Wildman–Crippen LogP) is 5.45. The Morgan fingerprint density at radius 3 is 2.58 bits per heavy atom. The number of rotatable bonds is 3. The second-order valence-electron chi connectivity index (χ2n) is 5.76. The number of carbonyl (C=O) groups is 2. The lowest BCUT2D eigenvalue weighted by molar-refractivity contribution is -0.133. The smallest absolute Gasteiger partial charge is 0.329 e. The predicted molar refractivity (Wildman–Crippen MR) is 102 cm³/mol. The van der Waals surface area contributed by atoms with Crippen molar-refractivity contribution in [2.75, 3.05) is 0 Å². The Morgan fingerprint density at radius 1 is 1.19 bits per heavy atom. The van der Waals surface area contributed by atoms with Gasteiger partial charge in [0.15, 0.2) is 5.76 Å². The van der Waals surface area contributed by atoms with Crippen molar-refractivity contribution >= 4 is 52.6 Å². The molecule has 1 atom stereocenters. The highest BCUT2D eigenvalue weighted by Gasteiger charge is 2.30. The Hall–Kier alpha value is -2.01. The van der Waals surface area contributed by atoms with Gasteiger partial charge in [-0.05, 0) is 49.2 Å². The van der Waals surface area contributed by atoms with Crippen molar-refractivity contribution in [1.29, 1.82) is 0 Å². The van der Waals surface area contributed by atoms with Crippen molar-refractivity contribution in [3.05, 3.63) is 62.8 Å². The Balaban J connectivity index is 1.93. The second kappa shape index (κ2) is 7.31. The summed E-state index contributed by atoms with van der Waals surface area (Å²) in [6, 6.07) is 8.09. The van der Waals surface area contributed by atoms with Crippen LogP contribution in [0.5, 0.6) is 11.5 Å². The minimum Gasteiger partial charge on any atom is -0.452 e. The van der Waals surface area contributed by atoms with Crippen molar-refractivity contribution in [3.63, 3.8) is 0 Å². The van der Waals surface area contributed by atoms with Crippen LogP contribution in [-0.2, 0) is 4.79 Å². The van der Waals surface area contributed by atoms with E-state index in [-0.39, 0.29) is 17.3 Å². The SMILES string of the molecule is Cc1cc(OC(=O)C(C)Cl)cc2c1C(=O)/C(=C/c1ccc(Cl)c(Cl)c1)O2. The van der Waals surface area contributed by atoms with Crippen molar-refractivity contribution < 1.29 is 19.1 Å². The zero-order valence-electron chi connectivity index (χ0n) is 13.8. The van der Waals surface area contributed by atoms with Crippen LogP contribution in [0.1, 0.15) is 28.4 Å². The van der Waals surface area contributed by atoms with Crippen LogP contribution < -0.4 is 9.47 Å². The summed E-state index contributed by atoms with van der Waals surface area (Å²) >= 11 is 17.6. The number of esters is 1. The van der Waals surface area contributed by atoms with Gasteiger partial charge in [-0.1, -0.05) is 29.3 Å². The van der Waals surface area contributed by atoms with Gasteiger partial charge in [-0.15, -0.1) is 11.6 Å². The quantitative estimate of drug-likeness (QED) is 0.292. The Morgan fingerprint density at radius 2 is 1.92 bits per heavy atom. The van der Waals surface area contributed by atoms with Gasteiger partial charge in [0.1, 0.15) is 16.9 Å². The fourth-order valence-electron chi connectivity index (χ4n) is 2.49. The first-order chi connectivity index (χ1) is 12.3. The highest BCUT2D eigenvalue weighted by molar-refractivity contribution is 6.42. The van der Waals surface area contributed by atoms with E-state index < -0.39 is 11.3 Å². The maximum Gasteiger partial charge on any atom is 0.329 e. The van der Waals surface area contributed by atoms with Gasteiger partial charge in [-0.25, -0.2) is 0 Å². The van der Waals surface area contributed by atoms with E-state index >= 15 is 0 Å². The standard InChI is InChI=1S/C19H13Cl3O4/c1-9-5-12(25-19(24)10(2)20)8-15-17(9)18(23)16(26-15)7-11-3-4-13(21)14(22)6-11/h3-8,10H,1-2H3/b16-7-. The number of aryl methyl sites for hydroxylation is 1. The number of ketones is 1. The third-order valence-electron chi connectivity index (χ3n) is 3.73. The van der Waals surface area contributed by atoms with E-state index in [1.807, 2.05) is 0 Å². The summed E-state index contributed by atoms with van der Waals surface area (Å²) in [4.78, 5) is 24.3. The molecule has 1 heterocycles. The molecule has 1 unspecified atom stereocenters. The number of hydrogen-bond acceptors (Lipinski definition) is 4. The van der Waals surface area contributed by atoms with Gasteiger partial charge in [0.2, 0.25) is 5.78 Å². The first kappa shape index (κ1) is 18.8. The van der Waals surface area contributed by atoms with Crippen LogP contribution in [0.4, 0.5) is 0 Å². The van der Waals surface area contributed by atoms with E-state index in [4.69, 9.17) is 44.3 Å². The molecular formula is C19H13Cl3O4. The molecule has 0 N–H and O–H groups in total. The van der Waals surface area contributed by atoms with Crippen molar-refractivity contribution in [2.24, 2.45) is 0 Å². The molecule has 26 heavy (non-hydrogen) atoms. The lowest BCUT2D eigenvalue weighted by atomic mass is 10.0. The van der Waals surface area contributed by atoms with E-state index in [9.17, 15) is 9.59 Å². The van der Waals surface area contributed by atoms with E-state index in [0.29, 0.717) is 32.5 Å². The summed E-state index contributed by atoms with van der Waals surface area (Å²) in [6.45, 7) is 3.26. The highest BCUT2D eigenvalue weighted by Crippen LogP contribution is 2.38. The molecule has 0 amide bonds. The van der Waals surface area contributed by atoms with Gasteiger partial charge in [0.05, 0.1) is 15.6 Å². The summed E-state index contributed by atoms with van der Waals surface area (Å²) in [5.41, 5.74) is 1.74. The molecule has 0 saturated carbocycles. The lowest BCUT2D eigenvalue weighted by Gasteiger charge is -2.08. The molecular weight excluding hydrogens is 399 g/mol. The number of fused-ring (bicyclic) bond motifs is 1. The maximum absolute atomic E-state index is 12.6. The van der Waals surface area contributed by atoms with E-state index in [1.165, 1.54) is 13.0 Å². The van der Waals surface area contributed by atoms with Gasteiger partial charge in [-0.2, -0.15) is 0 Å². The van der Waals surface area contributed by atoms with E-state index in [2.05, 4.69) is 0 Å². The van der Waals surface area contributed by atoms with Gasteiger partial charge in [-0.3, -0.25) is 9.59 Å². The number of Topliss-reactive ketones (excluding diaryl/α,β-unsaturated/α-hetero) is 1. The molecule has 0 fully saturated rings.